The molecule has 0 saturated carbocycles. The second-order valence-electron chi connectivity index (χ2n) is 11.3. The molecule has 3 saturated heterocycles. The third kappa shape index (κ3) is 5.14. The third-order valence-electron chi connectivity index (χ3n) is 9.15. The Kier molecular flexibility index (Phi) is 9.03. The van der Waals surface area contributed by atoms with Crippen molar-refractivity contribution in [2.24, 2.45) is 11.8 Å². The van der Waals surface area contributed by atoms with Crippen LogP contribution < -0.4 is 9.80 Å². The Morgan fingerprint density at radius 1 is 1.09 bits per heavy atom. The number of hydrogen-bond acceptors (Lipinski definition) is 7. The van der Waals surface area contributed by atoms with Crippen LogP contribution in [-0.2, 0) is 23.9 Å². The minimum absolute atomic E-state index is 0.0158. The van der Waals surface area contributed by atoms with Gasteiger partial charge in [0.2, 0.25) is 5.91 Å². The van der Waals surface area contributed by atoms with Gasteiger partial charge in [0, 0.05) is 31.0 Å². The molecule has 3 heterocycles. The second-order valence-corrected chi connectivity index (χ2v) is 11.3. The Hall–Kier alpha value is -3.95. The molecule has 6 atom stereocenters. The summed E-state index contributed by atoms with van der Waals surface area (Å²) in [7, 11) is 0. The van der Waals surface area contributed by atoms with Crippen LogP contribution in [0.3, 0.4) is 0 Å². The Morgan fingerprint density at radius 2 is 1.77 bits per heavy atom. The lowest BCUT2D eigenvalue weighted by molar-refractivity contribution is -0.154. The number of anilines is 2. The van der Waals surface area contributed by atoms with E-state index in [0.29, 0.717) is 24.1 Å². The van der Waals surface area contributed by atoms with Crippen molar-refractivity contribution < 1.29 is 29.0 Å². The van der Waals surface area contributed by atoms with Crippen LogP contribution in [0.15, 0.2) is 79.9 Å². The molecule has 0 radical (unpaired) electrons. The lowest BCUT2D eigenvalue weighted by Crippen LogP contribution is -2.57. The molecule has 0 aliphatic carbocycles. The van der Waals surface area contributed by atoms with Gasteiger partial charge in [0.15, 0.2) is 0 Å². The molecule has 2 aromatic carbocycles. The second kappa shape index (κ2) is 12.7. The highest BCUT2D eigenvalue weighted by molar-refractivity contribution is 6.05. The van der Waals surface area contributed by atoms with Gasteiger partial charge in [-0.2, -0.15) is 0 Å². The van der Waals surface area contributed by atoms with Crippen LogP contribution in [0.2, 0.25) is 0 Å². The quantitative estimate of drug-likeness (QED) is 0.280. The number of aliphatic hydroxyl groups excluding tert-OH is 1. The van der Waals surface area contributed by atoms with Crippen LogP contribution in [0.25, 0.3) is 0 Å². The average molecular weight is 588 g/mol. The summed E-state index contributed by atoms with van der Waals surface area (Å²) in [5.74, 6) is -3.03. The van der Waals surface area contributed by atoms with Gasteiger partial charge in [0.05, 0.1) is 30.6 Å². The summed E-state index contributed by atoms with van der Waals surface area (Å²) >= 11 is 0. The highest BCUT2D eigenvalue weighted by Crippen LogP contribution is 2.60. The Labute approximate surface area is 253 Å². The third-order valence-corrected chi connectivity index (χ3v) is 9.15. The predicted molar refractivity (Wildman–Crippen MR) is 164 cm³/mol. The SMILES string of the molecule is C=CCOC(=O)[C@@H]1[C@H]2C(=O)N([C@H](CO)c3ccccc3)C(C(=O)N(CC=C)c3ccc(N(CC)CC)cc3)C23CC[C@H]1O3. The van der Waals surface area contributed by atoms with Crippen LogP contribution in [0, 0.1) is 11.8 Å². The minimum atomic E-state index is -1.24. The van der Waals surface area contributed by atoms with Gasteiger partial charge in [-0.15, -0.1) is 6.58 Å². The summed E-state index contributed by atoms with van der Waals surface area (Å²) in [6, 6.07) is 15.0. The summed E-state index contributed by atoms with van der Waals surface area (Å²) in [4.78, 5) is 47.9. The van der Waals surface area contributed by atoms with Crippen molar-refractivity contribution in [2.75, 3.05) is 42.6 Å². The molecular weight excluding hydrogens is 546 g/mol. The minimum Gasteiger partial charge on any atom is -0.461 e. The van der Waals surface area contributed by atoms with Crippen molar-refractivity contribution in [2.45, 2.75) is 50.5 Å². The van der Waals surface area contributed by atoms with E-state index in [2.05, 4.69) is 31.9 Å². The van der Waals surface area contributed by atoms with Crippen LogP contribution in [0.1, 0.15) is 38.3 Å². The van der Waals surface area contributed by atoms with Gasteiger partial charge < -0.3 is 29.3 Å². The maximum Gasteiger partial charge on any atom is 0.312 e. The van der Waals surface area contributed by atoms with Gasteiger partial charge in [0.25, 0.3) is 5.91 Å². The zero-order valence-electron chi connectivity index (χ0n) is 24.9. The first-order valence-electron chi connectivity index (χ1n) is 15.1. The normalized spacial score (nSPS) is 26.1. The molecule has 43 heavy (non-hydrogen) atoms. The van der Waals surface area contributed by atoms with E-state index < -0.39 is 48.2 Å². The van der Waals surface area contributed by atoms with Gasteiger partial charge in [0.1, 0.15) is 18.2 Å². The topological polar surface area (TPSA) is 99.6 Å². The van der Waals surface area contributed by atoms with Crippen molar-refractivity contribution >= 4 is 29.2 Å². The number of fused-ring (bicyclic) bond motifs is 1. The number of aliphatic hydroxyl groups is 1. The molecular formula is C34H41N3O6. The van der Waals surface area contributed by atoms with Gasteiger partial charge in [-0.25, -0.2) is 0 Å². The fourth-order valence-electron chi connectivity index (χ4n) is 7.27. The molecule has 228 valence electrons. The summed E-state index contributed by atoms with van der Waals surface area (Å²) in [5, 5.41) is 10.7. The van der Waals surface area contributed by atoms with Crippen molar-refractivity contribution in [3.8, 4) is 0 Å². The summed E-state index contributed by atoms with van der Waals surface area (Å²) < 4.78 is 12.0. The summed E-state index contributed by atoms with van der Waals surface area (Å²) in [6.45, 7) is 13.2. The van der Waals surface area contributed by atoms with E-state index in [1.807, 2.05) is 54.6 Å². The number of carbonyl (C=O) groups is 3. The standard InChI is InChI=1S/C34H41N3O6/c1-5-20-36(25-16-14-24(15-17-25)35(7-3)8-4)32(40)30-34-19-18-27(43-34)28(33(41)42-21-6-2)29(34)31(39)37(30)26(22-38)23-12-10-9-11-13-23/h5-6,9-17,26-30,38H,1-2,7-8,18-22H2,3-4H3/t26-,27-,28+,29+,30?,34?/m1/s1. The molecule has 9 heteroatoms. The number of carbonyl (C=O) groups excluding carboxylic acids is 3. The van der Waals surface area contributed by atoms with Crippen molar-refractivity contribution in [3.05, 3.63) is 85.5 Å². The molecule has 1 spiro atoms. The maximum absolute atomic E-state index is 14.8. The lowest BCUT2D eigenvalue weighted by atomic mass is 9.70. The highest BCUT2D eigenvalue weighted by atomic mass is 16.6. The molecule has 3 aliphatic heterocycles. The van der Waals surface area contributed by atoms with Gasteiger partial charge in [-0.05, 0) is 56.5 Å². The average Bonchev–Trinajstić information content (AvgIpc) is 3.68. The fraction of sp³-hybridized carbons (Fsp3) is 0.441. The first-order chi connectivity index (χ1) is 20.9. The Morgan fingerprint density at radius 3 is 2.37 bits per heavy atom. The van der Waals surface area contributed by atoms with E-state index in [-0.39, 0.29) is 25.0 Å². The highest BCUT2D eigenvalue weighted by Gasteiger charge is 2.75. The monoisotopic (exact) mass is 587 g/mol. The number of ether oxygens (including phenoxy) is 2. The predicted octanol–water partition coefficient (Wildman–Crippen LogP) is 3.89. The number of benzene rings is 2. The van der Waals surface area contributed by atoms with Gasteiger partial charge in [-0.3, -0.25) is 14.4 Å². The van der Waals surface area contributed by atoms with E-state index in [4.69, 9.17) is 9.47 Å². The Bertz CT molecular complexity index is 1340. The van der Waals surface area contributed by atoms with E-state index in [9.17, 15) is 19.5 Å². The zero-order chi connectivity index (χ0) is 30.7. The van der Waals surface area contributed by atoms with Crippen LogP contribution in [0.5, 0.6) is 0 Å². The largest absolute Gasteiger partial charge is 0.461 e. The number of amides is 2. The summed E-state index contributed by atoms with van der Waals surface area (Å²) in [5.41, 5.74) is 1.15. The van der Waals surface area contributed by atoms with Crippen LogP contribution in [-0.4, -0.2) is 78.4 Å². The molecule has 2 amide bonds. The number of rotatable bonds is 13. The molecule has 2 aromatic rings. The summed E-state index contributed by atoms with van der Waals surface area (Å²) in [6.07, 6.45) is 3.54. The molecule has 2 bridgehead atoms. The number of esters is 1. The number of nitrogens with zero attached hydrogens (tertiary/aromatic N) is 3. The van der Waals surface area contributed by atoms with E-state index in [1.165, 1.54) is 11.0 Å². The fourth-order valence-corrected chi connectivity index (χ4v) is 7.27. The number of likely N-dealkylation sites (tertiary alicyclic amines) is 1. The molecule has 3 aliphatic rings. The number of hydrogen-bond donors (Lipinski definition) is 1. The molecule has 1 N–H and O–H groups in total. The molecule has 5 rings (SSSR count). The van der Waals surface area contributed by atoms with Gasteiger partial charge >= 0.3 is 5.97 Å². The van der Waals surface area contributed by atoms with Crippen LogP contribution >= 0.6 is 0 Å². The molecule has 9 nitrogen and oxygen atoms in total. The van der Waals surface area contributed by atoms with Gasteiger partial charge in [-0.1, -0.05) is 49.1 Å². The molecule has 3 fully saturated rings. The smallest absolute Gasteiger partial charge is 0.312 e. The molecule has 2 unspecified atom stereocenters. The zero-order valence-corrected chi connectivity index (χ0v) is 24.9. The van der Waals surface area contributed by atoms with E-state index >= 15 is 0 Å². The van der Waals surface area contributed by atoms with Crippen molar-refractivity contribution in [3.63, 3.8) is 0 Å². The lowest BCUT2D eigenvalue weighted by Gasteiger charge is -2.39. The van der Waals surface area contributed by atoms with E-state index in [1.54, 1.807) is 11.0 Å². The van der Waals surface area contributed by atoms with Crippen molar-refractivity contribution in [1.82, 2.24) is 4.90 Å². The first kappa shape index (κ1) is 30.5. The maximum atomic E-state index is 14.8. The molecule has 0 aromatic heterocycles. The van der Waals surface area contributed by atoms with E-state index in [0.717, 1.165) is 18.8 Å². The van der Waals surface area contributed by atoms with Crippen molar-refractivity contribution in [1.29, 1.82) is 0 Å². The van der Waals surface area contributed by atoms with Crippen LogP contribution in [0.4, 0.5) is 11.4 Å². The first-order valence-corrected chi connectivity index (χ1v) is 15.1. The Balaban J connectivity index is 1.59.